The molecule has 0 aromatic carbocycles. The summed E-state index contributed by atoms with van der Waals surface area (Å²) in [6.45, 7) is 6.36. The monoisotopic (exact) mass is 214 g/mol. The zero-order chi connectivity index (χ0) is 9.90. The van der Waals surface area contributed by atoms with Crippen molar-refractivity contribution in [1.82, 2.24) is 4.98 Å². The lowest BCUT2D eigenvalue weighted by atomic mass is 10.1. The van der Waals surface area contributed by atoms with Crippen molar-refractivity contribution >= 4 is 28.1 Å². The molecule has 0 spiro atoms. The summed E-state index contributed by atoms with van der Waals surface area (Å²) in [4.78, 5) is 4.21. The van der Waals surface area contributed by atoms with E-state index < -0.39 is 0 Å². The van der Waals surface area contributed by atoms with Crippen molar-refractivity contribution in [2.75, 3.05) is 5.32 Å². The van der Waals surface area contributed by atoms with Crippen LogP contribution >= 0.6 is 22.5 Å². The van der Waals surface area contributed by atoms with Crippen molar-refractivity contribution in [3.05, 3.63) is 18.3 Å². The molecule has 0 amide bonds. The van der Waals surface area contributed by atoms with E-state index in [0.29, 0.717) is 0 Å². The minimum absolute atomic E-state index is 0.0807. The van der Waals surface area contributed by atoms with Crippen molar-refractivity contribution in [2.45, 2.75) is 31.3 Å². The van der Waals surface area contributed by atoms with Gasteiger partial charge in [-0.1, -0.05) is 0 Å². The molecule has 0 fully saturated rings. The standard InChI is InChI=1S/C9H14N2S2/c1-9(2,3)11-7-4-5-8(13-12)10-6-7/h4-6,11-12H,1-3H3. The largest absolute Gasteiger partial charge is 0.379 e. The first-order valence-electron chi connectivity index (χ1n) is 4.07. The molecule has 1 aromatic heterocycles. The van der Waals surface area contributed by atoms with Gasteiger partial charge in [-0.25, -0.2) is 4.98 Å². The van der Waals surface area contributed by atoms with Crippen LogP contribution in [-0.4, -0.2) is 10.5 Å². The second kappa shape index (κ2) is 4.24. The Labute approximate surface area is 88.3 Å². The Morgan fingerprint density at radius 1 is 1.38 bits per heavy atom. The first-order chi connectivity index (χ1) is 6.01. The van der Waals surface area contributed by atoms with Crippen LogP contribution in [0.3, 0.4) is 0 Å². The molecule has 13 heavy (non-hydrogen) atoms. The maximum absolute atomic E-state index is 4.21. The Bertz CT molecular complexity index is 264. The first-order valence-corrected chi connectivity index (χ1v) is 5.94. The molecule has 72 valence electrons. The molecule has 0 unspecified atom stereocenters. The third-order valence-corrected chi connectivity index (χ3v) is 2.34. The average molecular weight is 214 g/mol. The van der Waals surface area contributed by atoms with E-state index in [1.165, 1.54) is 10.8 Å². The number of pyridine rings is 1. The number of anilines is 1. The van der Waals surface area contributed by atoms with Gasteiger partial charge in [-0.15, -0.1) is 11.7 Å². The molecule has 1 N–H and O–H groups in total. The van der Waals surface area contributed by atoms with Gasteiger partial charge in [0.05, 0.1) is 11.9 Å². The van der Waals surface area contributed by atoms with E-state index in [2.05, 4.69) is 42.7 Å². The summed E-state index contributed by atoms with van der Waals surface area (Å²) < 4.78 is 0. The Morgan fingerprint density at radius 2 is 2.08 bits per heavy atom. The number of rotatable bonds is 2. The van der Waals surface area contributed by atoms with Gasteiger partial charge in [0.1, 0.15) is 5.03 Å². The van der Waals surface area contributed by atoms with Gasteiger partial charge < -0.3 is 5.32 Å². The zero-order valence-corrected chi connectivity index (χ0v) is 9.75. The SMILES string of the molecule is CC(C)(C)Nc1ccc(SS)nc1. The van der Waals surface area contributed by atoms with Crippen LogP contribution in [0.4, 0.5) is 5.69 Å². The van der Waals surface area contributed by atoms with E-state index in [1.54, 1.807) is 0 Å². The first kappa shape index (κ1) is 10.7. The molecule has 1 heterocycles. The second-order valence-electron chi connectivity index (χ2n) is 3.85. The summed E-state index contributed by atoms with van der Waals surface area (Å²) in [6, 6.07) is 3.96. The Balaban J connectivity index is 2.70. The van der Waals surface area contributed by atoms with Crippen LogP contribution in [0.25, 0.3) is 0 Å². The molecule has 0 aliphatic heterocycles. The van der Waals surface area contributed by atoms with Crippen LogP contribution in [0.15, 0.2) is 23.4 Å². The molecule has 0 aliphatic carbocycles. The van der Waals surface area contributed by atoms with E-state index in [4.69, 9.17) is 0 Å². The highest BCUT2D eigenvalue weighted by Crippen LogP contribution is 2.21. The van der Waals surface area contributed by atoms with Gasteiger partial charge in [-0.3, -0.25) is 0 Å². The Morgan fingerprint density at radius 3 is 2.46 bits per heavy atom. The van der Waals surface area contributed by atoms with Crippen molar-refractivity contribution in [3.8, 4) is 0 Å². The van der Waals surface area contributed by atoms with Crippen molar-refractivity contribution < 1.29 is 0 Å². The van der Waals surface area contributed by atoms with E-state index in [0.717, 1.165) is 10.7 Å². The summed E-state index contributed by atoms with van der Waals surface area (Å²) in [5, 5.41) is 4.25. The van der Waals surface area contributed by atoms with Gasteiger partial charge in [0.25, 0.3) is 0 Å². The van der Waals surface area contributed by atoms with Crippen LogP contribution in [0, 0.1) is 0 Å². The quantitative estimate of drug-likeness (QED) is 0.584. The third-order valence-electron chi connectivity index (χ3n) is 1.35. The molecule has 0 aliphatic rings. The molecular formula is C9H14N2S2. The second-order valence-corrected chi connectivity index (χ2v) is 5.00. The molecule has 2 nitrogen and oxygen atoms in total. The Kier molecular flexibility index (Phi) is 3.50. The highest BCUT2D eigenvalue weighted by atomic mass is 33.1. The minimum Gasteiger partial charge on any atom is -0.379 e. The number of aromatic nitrogens is 1. The zero-order valence-electron chi connectivity index (χ0n) is 8.03. The normalized spacial score (nSPS) is 11.4. The third kappa shape index (κ3) is 3.91. The van der Waals surface area contributed by atoms with Gasteiger partial charge in [0.15, 0.2) is 0 Å². The number of hydrogen-bond acceptors (Lipinski definition) is 4. The fourth-order valence-electron chi connectivity index (χ4n) is 0.941. The summed E-state index contributed by atoms with van der Waals surface area (Å²) in [5.74, 6) is 0. The summed E-state index contributed by atoms with van der Waals surface area (Å²) in [5.41, 5.74) is 1.12. The molecule has 1 rings (SSSR count). The molecule has 0 saturated heterocycles. The summed E-state index contributed by atoms with van der Waals surface area (Å²) in [6.07, 6.45) is 1.82. The van der Waals surface area contributed by atoms with Crippen molar-refractivity contribution in [3.63, 3.8) is 0 Å². The molecule has 0 atom stereocenters. The van der Waals surface area contributed by atoms with Crippen LogP contribution in [-0.2, 0) is 0 Å². The smallest absolute Gasteiger partial charge is 0.106 e. The van der Waals surface area contributed by atoms with Gasteiger partial charge in [-0.2, -0.15) is 0 Å². The topological polar surface area (TPSA) is 24.9 Å². The van der Waals surface area contributed by atoms with Crippen LogP contribution in [0.5, 0.6) is 0 Å². The van der Waals surface area contributed by atoms with Crippen LogP contribution in [0.1, 0.15) is 20.8 Å². The van der Waals surface area contributed by atoms with Crippen molar-refractivity contribution in [1.29, 1.82) is 0 Å². The Hall–Kier alpha value is -0.350. The lowest BCUT2D eigenvalue weighted by molar-refractivity contribution is 0.633. The number of nitrogens with one attached hydrogen (secondary N) is 1. The predicted octanol–water partition coefficient (Wildman–Crippen LogP) is 3.23. The van der Waals surface area contributed by atoms with E-state index in [1.807, 2.05) is 18.3 Å². The minimum atomic E-state index is 0.0807. The van der Waals surface area contributed by atoms with E-state index in [-0.39, 0.29) is 5.54 Å². The van der Waals surface area contributed by atoms with Crippen LogP contribution in [0.2, 0.25) is 0 Å². The van der Waals surface area contributed by atoms with E-state index >= 15 is 0 Å². The van der Waals surface area contributed by atoms with Gasteiger partial charge in [-0.05, 0) is 43.7 Å². The maximum Gasteiger partial charge on any atom is 0.106 e. The number of hydrogen-bond donors (Lipinski definition) is 2. The summed E-state index contributed by atoms with van der Waals surface area (Å²) >= 11 is 4.06. The van der Waals surface area contributed by atoms with Gasteiger partial charge in [0.2, 0.25) is 0 Å². The number of thiol groups is 1. The molecule has 4 heteroatoms. The van der Waals surface area contributed by atoms with Gasteiger partial charge >= 0.3 is 0 Å². The fraction of sp³-hybridized carbons (Fsp3) is 0.444. The lowest BCUT2D eigenvalue weighted by Crippen LogP contribution is -2.25. The predicted molar refractivity (Wildman–Crippen MR) is 62.5 cm³/mol. The van der Waals surface area contributed by atoms with Crippen LogP contribution < -0.4 is 5.32 Å². The van der Waals surface area contributed by atoms with Gasteiger partial charge in [0, 0.05) is 5.54 Å². The molecule has 0 radical (unpaired) electrons. The molecule has 0 saturated carbocycles. The highest BCUT2D eigenvalue weighted by molar-refractivity contribution is 8.68. The summed E-state index contributed by atoms with van der Waals surface area (Å²) in [7, 11) is 1.35. The van der Waals surface area contributed by atoms with E-state index in [9.17, 15) is 0 Å². The highest BCUT2D eigenvalue weighted by Gasteiger charge is 2.08. The maximum atomic E-state index is 4.21. The molecule has 1 aromatic rings. The fourth-order valence-corrected chi connectivity index (χ4v) is 1.49. The lowest BCUT2D eigenvalue weighted by Gasteiger charge is -2.21. The number of nitrogens with zero attached hydrogens (tertiary/aromatic N) is 1. The molecular weight excluding hydrogens is 200 g/mol. The average Bonchev–Trinajstić information content (AvgIpc) is 2.03. The van der Waals surface area contributed by atoms with Crippen molar-refractivity contribution in [2.24, 2.45) is 0 Å². The molecule has 0 bridgehead atoms.